The van der Waals surface area contributed by atoms with Crippen LogP contribution in [0.1, 0.15) is 0 Å². The van der Waals surface area contributed by atoms with Crippen molar-refractivity contribution in [3.05, 3.63) is 87.7 Å². The highest BCUT2D eigenvalue weighted by molar-refractivity contribution is 5.83. The first kappa shape index (κ1) is 15.3. The molecule has 0 fully saturated rings. The zero-order chi connectivity index (χ0) is 18.5. The van der Waals surface area contributed by atoms with E-state index in [1.807, 2.05) is 48.5 Å². The first-order valence-corrected chi connectivity index (χ1v) is 8.44. The third kappa shape index (κ3) is 2.15. The van der Waals surface area contributed by atoms with Gasteiger partial charge in [0.25, 0.3) is 0 Å². The Balaban J connectivity index is 1.83. The van der Waals surface area contributed by atoms with Crippen LogP contribution in [0.2, 0.25) is 0 Å². The first-order chi connectivity index (χ1) is 13.1. The number of nitrogens with two attached hydrogens (primary N) is 1. The van der Waals surface area contributed by atoms with Crippen molar-refractivity contribution in [1.82, 2.24) is 19.1 Å². The third-order valence-corrected chi connectivity index (χ3v) is 4.72. The monoisotopic (exact) mass is 357 g/mol. The minimum atomic E-state index is -0.286. The number of aromatic nitrogens is 4. The highest BCUT2D eigenvalue weighted by Gasteiger charge is 2.16. The smallest absolute Gasteiger partial charge is 0.331 e. The summed E-state index contributed by atoms with van der Waals surface area (Å²) >= 11 is 0. The second-order valence-electron chi connectivity index (χ2n) is 6.28. The summed E-state index contributed by atoms with van der Waals surface area (Å²) in [5.74, 6) is 0. The van der Waals surface area contributed by atoms with Crippen LogP contribution < -0.4 is 17.1 Å². The lowest BCUT2D eigenvalue weighted by Gasteiger charge is -2.13. The molecule has 27 heavy (non-hydrogen) atoms. The maximum atomic E-state index is 12.5. The largest absolute Gasteiger partial charge is 0.395 e. The molecule has 0 aliphatic carbocycles. The van der Waals surface area contributed by atoms with E-state index in [1.165, 1.54) is 9.13 Å². The Morgan fingerprint density at radius 3 is 1.56 bits per heavy atom. The van der Waals surface area contributed by atoms with Gasteiger partial charge < -0.3 is 15.7 Å². The van der Waals surface area contributed by atoms with Crippen LogP contribution in [0.15, 0.2) is 76.3 Å². The number of imidazole rings is 2. The van der Waals surface area contributed by atoms with Crippen molar-refractivity contribution in [2.45, 2.75) is 0 Å². The second kappa shape index (κ2) is 5.50. The summed E-state index contributed by atoms with van der Waals surface area (Å²) in [6, 6.07) is 20.1. The fraction of sp³-hybridized carbons (Fsp3) is 0. The number of nitrogen functional groups attached to an aromatic ring is 1. The number of anilines is 1. The van der Waals surface area contributed by atoms with E-state index in [0.29, 0.717) is 17.1 Å². The summed E-state index contributed by atoms with van der Waals surface area (Å²) < 4.78 is 3.04. The van der Waals surface area contributed by atoms with E-state index < -0.39 is 0 Å². The van der Waals surface area contributed by atoms with Gasteiger partial charge in [0.05, 0.1) is 39.1 Å². The minimum absolute atomic E-state index is 0.286. The van der Waals surface area contributed by atoms with Crippen molar-refractivity contribution >= 4 is 27.8 Å². The van der Waals surface area contributed by atoms with Crippen LogP contribution in [-0.2, 0) is 0 Å². The molecule has 5 aromatic rings. The Labute approximate surface area is 152 Å². The number of H-pyrrole nitrogens is 2. The molecule has 4 N–H and O–H groups in total. The van der Waals surface area contributed by atoms with E-state index in [9.17, 15) is 9.59 Å². The van der Waals surface area contributed by atoms with E-state index in [1.54, 1.807) is 18.2 Å². The van der Waals surface area contributed by atoms with Gasteiger partial charge in [-0.1, -0.05) is 30.3 Å². The average Bonchev–Trinajstić information content (AvgIpc) is 3.17. The van der Waals surface area contributed by atoms with Gasteiger partial charge in [0, 0.05) is 0 Å². The van der Waals surface area contributed by atoms with Crippen LogP contribution >= 0.6 is 0 Å². The highest BCUT2D eigenvalue weighted by atomic mass is 16.1. The molecule has 5 rings (SSSR count). The summed E-state index contributed by atoms with van der Waals surface area (Å²) in [4.78, 5) is 30.7. The van der Waals surface area contributed by atoms with Crippen molar-refractivity contribution in [2.24, 2.45) is 0 Å². The van der Waals surface area contributed by atoms with Crippen LogP contribution in [0.5, 0.6) is 0 Å². The summed E-state index contributed by atoms with van der Waals surface area (Å²) in [6.45, 7) is 0. The number of nitrogens with zero attached hydrogens (tertiary/aromatic N) is 2. The predicted octanol–water partition coefficient (Wildman–Crippen LogP) is 2.53. The summed E-state index contributed by atoms with van der Waals surface area (Å²) in [6.07, 6.45) is 0. The predicted molar refractivity (Wildman–Crippen MR) is 106 cm³/mol. The number of para-hydroxylation sites is 5. The SMILES string of the molecule is Nc1c(-n2c(=O)[nH]c3ccccc32)cccc1-n1c(=O)[nH]c2ccccc21. The van der Waals surface area contributed by atoms with Crippen molar-refractivity contribution < 1.29 is 0 Å². The molecule has 0 spiro atoms. The van der Waals surface area contributed by atoms with E-state index in [0.717, 1.165) is 22.1 Å². The number of rotatable bonds is 2. The van der Waals surface area contributed by atoms with Crippen LogP contribution in [0.4, 0.5) is 5.69 Å². The fourth-order valence-corrected chi connectivity index (χ4v) is 3.52. The van der Waals surface area contributed by atoms with Gasteiger partial charge in [0.2, 0.25) is 0 Å². The summed E-state index contributed by atoms with van der Waals surface area (Å²) in [5.41, 5.74) is 10.1. The number of fused-ring (bicyclic) bond motifs is 2. The Hall–Kier alpha value is -4.00. The number of nitrogens with one attached hydrogen (secondary N) is 2. The lowest BCUT2D eigenvalue weighted by atomic mass is 10.2. The maximum absolute atomic E-state index is 12.5. The molecule has 132 valence electrons. The van der Waals surface area contributed by atoms with Crippen LogP contribution in [0.3, 0.4) is 0 Å². The lowest BCUT2D eigenvalue weighted by molar-refractivity contribution is 0.992. The van der Waals surface area contributed by atoms with E-state index in [4.69, 9.17) is 5.73 Å². The molecule has 7 nitrogen and oxygen atoms in total. The molecule has 0 amide bonds. The Morgan fingerprint density at radius 2 is 1.07 bits per heavy atom. The maximum Gasteiger partial charge on any atom is 0.331 e. The number of hydrogen-bond donors (Lipinski definition) is 3. The first-order valence-electron chi connectivity index (χ1n) is 8.44. The molecule has 2 heterocycles. The van der Waals surface area contributed by atoms with Crippen molar-refractivity contribution in [3.8, 4) is 11.4 Å². The lowest BCUT2D eigenvalue weighted by Crippen LogP contribution is -2.19. The molecule has 0 aliphatic heterocycles. The van der Waals surface area contributed by atoms with Gasteiger partial charge in [0.1, 0.15) is 0 Å². The fourth-order valence-electron chi connectivity index (χ4n) is 3.52. The van der Waals surface area contributed by atoms with Gasteiger partial charge in [0.15, 0.2) is 0 Å². The molecule has 0 saturated heterocycles. The minimum Gasteiger partial charge on any atom is -0.395 e. The van der Waals surface area contributed by atoms with Crippen molar-refractivity contribution in [2.75, 3.05) is 5.73 Å². The van der Waals surface area contributed by atoms with Gasteiger partial charge in [-0.25, -0.2) is 9.59 Å². The van der Waals surface area contributed by atoms with Gasteiger partial charge >= 0.3 is 11.4 Å². The Bertz CT molecular complexity index is 1330. The number of hydrogen-bond acceptors (Lipinski definition) is 3. The van der Waals surface area contributed by atoms with Crippen LogP contribution in [0.25, 0.3) is 33.4 Å². The van der Waals surface area contributed by atoms with Crippen LogP contribution in [-0.4, -0.2) is 19.1 Å². The summed E-state index contributed by atoms with van der Waals surface area (Å²) in [5, 5.41) is 0. The molecule has 0 radical (unpaired) electrons. The number of aromatic amines is 2. The standard InChI is InChI=1S/C20H15N5O2/c21-18-16(24-14-8-3-1-6-12(14)22-19(24)26)10-5-11-17(18)25-15-9-4-2-7-13(15)23-20(25)27/h1-11H,21H2,(H,22,26)(H,23,27). The third-order valence-electron chi connectivity index (χ3n) is 4.72. The normalized spacial score (nSPS) is 11.4. The Morgan fingerprint density at radius 1 is 0.630 bits per heavy atom. The molecule has 3 aromatic carbocycles. The zero-order valence-electron chi connectivity index (χ0n) is 14.1. The van der Waals surface area contributed by atoms with E-state index in [-0.39, 0.29) is 11.4 Å². The molecular formula is C20H15N5O2. The quantitative estimate of drug-likeness (QED) is 0.423. The van der Waals surface area contributed by atoms with Gasteiger partial charge in [-0.2, -0.15) is 0 Å². The zero-order valence-corrected chi connectivity index (χ0v) is 14.1. The molecule has 0 bridgehead atoms. The molecule has 0 atom stereocenters. The average molecular weight is 357 g/mol. The molecule has 2 aromatic heterocycles. The van der Waals surface area contributed by atoms with Gasteiger partial charge in [-0.05, 0) is 36.4 Å². The Kier molecular flexibility index (Phi) is 3.11. The van der Waals surface area contributed by atoms with E-state index in [2.05, 4.69) is 9.97 Å². The molecule has 7 heteroatoms. The van der Waals surface area contributed by atoms with Crippen molar-refractivity contribution in [3.63, 3.8) is 0 Å². The highest BCUT2D eigenvalue weighted by Crippen LogP contribution is 2.27. The van der Waals surface area contributed by atoms with E-state index >= 15 is 0 Å². The molecular weight excluding hydrogens is 342 g/mol. The summed E-state index contributed by atoms with van der Waals surface area (Å²) in [7, 11) is 0. The topological polar surface area (TPSA) is 102 Å². The number of benzene rings is 3. The molecule has 0 saturated carbocycles. The molecule has 0 unspecified atom stereocenters. The molecule has 0 aliphatic rings. The van der Waals surface area contributed by atoms with Crippen LogP contribution in [0, 0.1) is 0 Å². The van der Waals surface area contributed by atoms with Crippen molar-refractivity contribution in [1.29, 1.82) is 0 Å². The van der Waals surface area contributed by atoms with Gasteiger partial charge in [-0.15, -0.1) is 0 Å². The second-order valence-corrected chi connectivity index (χ2v) is 6.28. The van der Waals surface area contributed by atoms with Gasteiger partial charge in [-0.3, -0.25) is 9.13 Å².